The van der Waals surface area contributed by atoms with Crippen molar-refractivity contribution < 1.29 is 4.74 Å². The van der Waals surface area contributed by atoms with Crippen LogP contribution >= 0.6 is 0 Å². The lowest BCUT2D eigenvalue weighted by Crippen LogP contribution is -2.22. The zero-order chi connectivity index (χ0) is 10.4. The van der Waals surface area contributed by atoms with E-state index in [0.717, 1.165) is 25.5 Å². The second kappa shape index (κ2) is 5.72. The van der Waals surface area contributed by atoms with Crippen molar-refractivity contribution in [3.05, 3.63) is 12.2 Å². The molecule has 0 aliphatic carbocycles. The van der Waals surface area contributed by atoms with Crippen LogP contribution in [0.3, 0.4) is 0 Å². The van der Waals surface area contributed by atoms with E-state index < -0.39 is 0 Å². The fraction of sp³-hybridized carbons (Fsp3) is 0.778. The molecule has 0 aromatic carbocycles. The summed E-state index contributed by atoms with van der Waals surface area (Å²) in [6.45, 7) is 6.36. The smallest absolute Gasteiger partial charge is 0.140 e. The molecule has 0 saturated carbocycles. The van der Waals surface area contributed by atoms with Gasteiger partial charge in [-0.1, -0.05) is 0 Å². The number of aromatic nitrogens is 3. The Morgan fingerprint density at radius 1 is 1.57 bits per heavy atom. The van der Waals surface area contributed by atoms with E-state index in [9.17, 15) is 0 Å². The van der Waals surface area contributed by atoms with Gasteiger partial charge in [0, 0.05) is 13.6 Å². The molecule has 0 spiro atoms. The Morgan fingerprint density at radius 3 is 2.93 bits per heavy atom. The zero-order valence-electron chi connectivity index (χ0n) is 9.03. The maximum absolute atomic E-state index is 5.39. The van der Waals surface area contributed by atoms with Gasteiger partial charge in [-0.25, -0.2) is 4.98 Å². The Kier molecular flexibility index (Phi) is 4.55. The molecule has 0 saturated heterocycles. The molecule has 80 valence electrons. The second-order valence-corrected chi connectivity index (χ2v) is 3.40. The van der Waals surface area contributed by atoms with Crippen LogP contribution in [-0.4, -0.2) is 34.0 Å². The molecule has 0 aliphatic heterocycles. The molecular formula is C9H18N4O. The van der Waals surface area contributed by atoms with Crippen LogP contribution in [0.4, 0.5) is 0 Å². The highest BCUT2D eigenvalue weighted by Crippen LogP contribution is 1.89. The third-order valence-electron chi connectivity index (χ3n) is 1.82. The van der Waals surface area contributed by atoms with Crippen molar-refractivity contribution in [1.29, 1.82) is 0 Å². The number of nitrogens with one attached hydrogen (secondary N) is 1. The maximum Gasteiger partial charge on any atom is 0.140 e. The lowest BCUT2D eigenvalue weighted by Gasteiger charge is -2.07. The molecule has 0 amide bonds. The van der Waals surface area contributed by atoms with Gasteiger partial charge in [0.2, 0.25) is 0 Å². The average Bonchev–Trinajstić information content (AvgIpc) is 2.51. The minimum absolute atomic E-state index is 0.298. The summed E-state index contributed by atoms with van der Waals surface area (Å²) in [7, 11) is 1.88. The summed E-state index contributed by atoms with van der Waals surface area (Å²) in [4.78, 5) is 4.10. The number of aryl methyl sites for hydroxylation is 1. The van der Waals surface area contributed by atoms with Gasteiger partial charge in [-0.05, 0) is 13.8 Å². The van der Waals surface area contributed by atoms with Gasteiger partial charge in [-0.3, -0.25) is 4.68 Å². The fourth-order valence-corrected chi connectivity index (χ4v) is 1.05. The molecular weight excluding hydrogens is 180 g/mol. The molecule has 14 heavy (non-hydrogen) atoms. The molecule has 0 fully saturated rings. The van der Waals surface area contributed by atoms with Crippen molar-refractivity contribution in [3.63, 3.8) is 0 Å². The molecule has 1 aromatic rings. The molecule has 1 heterocycles. The predicted molar refractivity (Wildman–Crippen MR) is 53.8 cm³/mol. The van der Waals surface area contributed by atoms with Crippen molar-refractivity contribution in [3.8, 4) is 0 Å². The number of nitrogens with zero attached hydrogens (tertiary/aromatic N) is 3. The highest BCUT2D eigenvalue weighted by molar-refractivity contribution is 4.81. The summed E-state index contributed by atoms with van der Waals surface area (Å²) in [6.07, 6.45) is 1.85. The fourth-order valence-electron chi connectivity index (χ4n) is 1.05. The van der Waals surface area contributed by atoms with Gasteiger partial charge in [0.1, 0.15) is 12.2 Å². The summed E-state index contributed by atoms with van der Waals surface area (Å²) in [5, 5.41) is 7.21. The molecule has 0 atom stereocenters. The summed E-state index contributed by atoms with van der Waals surface area (Å²) in [5.41, 5.74) is 0. The molecule has 5 heteroatoms. The number of ether oxygens (including phenoxy) is 1. The Hall–Kier alpha value is -0.940. The third kappa shape index (κ3) is 3.85. The second-order valence-electron chi connectivity index (χ2n) is 3.40. The van der Waals surface area contributed by atoms with E-state index in [1.807, 2.05) is 20.9 Å². The standard InChI is InChI=1S/C9H18N4O/c1-8(2)14-5-4-10-6-9-11-7-12-13(9)3/h7-8,10H,4-6H2,1-3H3. The first-order chi connectivity index (χ1) is 6.70. The van der Waals surface area contributed by atoms with Crippen molar-refractivity contribution in [2.24, 2.45) is 7.05 Å². The molecule has 1 rings (SSSR count). The van der Waals surface area contributed by atoms with E-state index in [-0.39, 0.29) is 0 Å². The average molecular weight is 198 g/mol. The van der Waals surface area contributed by atoms with Gasteiger partial charge >= 0.3 is 0 Å². The normalized spacial score (nSPS) is 11.1. The maximum atomic E-state index is 5.39. The largest absolute Gasteiger partial charge is 0.377 e. The van der Waals surface area contributed by atoms with Gasteiger partial charge in [0.15, 0.2) is 0 Å². The Balaban J connectivity index is 2.08. The van der Waals surface area contributed by atoms with Gasteiger partial charge in [0.05, 0.1) is 19.3 Å². The van der Waals surface area contributed by atoms with Crippen LogP contribution in [-0.2, 0) is 18.3 Å². The number of rotatable bonds is 6. The first kappa shape index (κ1) is 11.1. The van der Waals surface area contributed by atoms with E-state index in [2.05, 4.69) is 15.4 Å². The third-order valence-corrected chi connectivity index (χ3v) is 1.82. The van der Waals surface area contributed by atoms with Crippen LogP contribution < -0.4 is 5.32 Å². The van der Waals surface area contributed by atoms with Crippen molar-refractivity contribution in [2.45, 2.75) is 26.5 Å². The van der Waals surface area contributed by atoms with Gasteiger partial charge in [-0.15, -0.1) is 0 Å². The van der Waals surface area contributed by atoms with Crippen molar-refractivity contribution >= 4 is 0 Å². The van der Waals surface area contributed by atoms with Crippen molar-refractivity contribution in [2.75, 3.05) is 13.2 Å². The Morgan fingerprint density at radius 2 is 2.36 bits per heavy atom. The van der Waals surface area contributed by atoms with Crippen LogP contribution in [0.1, 0.15) is 19.7 Å². The summed E-state index contributed by atoms with van der Waals surface area (Å²) in [5.74, 6) is 0.939. The quantitative estimate of drug-likeness (QED) is 0.669. The molecule has 1 N–H and O–H groups in total. The topological polar surface area (TPSA) is 52.0 Å². The van der Waals surface area contributed by atoms with Crippen LogP contribution in [0.2, 0.25) is 0 Å². The molecule has 5 nitrogen and oxygen atoms in total. The Bertz CT molecular complexity index is 259. The van der Waals surface area contributed by atoms with Gasteiger partial charge in [-0.2, -0.15) is 5.10 Å². The zero-order valence-corrected chi connectivity index (χ0v) is 9.03. The predicted octanol–water partition coefficient (Wildman–Crippen LogP) is 0.330. The molecule has 0 aliphatic rings. The number of hydrogen-bond acceptors (Lipinski definition) is 4. The molecule has 0 unspecified atom stereocenters. The molecule has 1 aromatic heterocycles. The van der Waals surface area contributed by atoms with E-state index in [1.165, 1.54) is 0 Å². The summed E-state index contributed by atoms with van der Waals surface area (Å²) >= 11 is 0. The first-order valence-corrected chi connectivity index (χ1v) is 4.85. The lowest BCUT2D eigenvalue weighted by molar-refractivity contribution is 0.0806. The van der Waals surface area contributed by atoms with E-state index >= 15 is 0 Å². The summed E-state index contributed by atoms with van der Waals surface area (Å²) in [6, 6.07) is 0. The SMILES string of the molecule is CC(C)OCCNCc1ncnn1C. The van der Waals surface area contributed by atoms with Gasteiger partial charge < -0.3 is 10.1 Å². The van der Waals surface area contributed by atoms with E-state index in [0.29, 0.717) is 6.10 Å². The van der Waals surface area contributed by atoms with E-state index in [1.54, 1.807) is 11.0 Å². The van der Waals surface area contributed by atoms with Gasteiger partial charge in [0.25, 0.3) is 0 Å². The minimum atomic E-state index is 0.298. The minimum Gasteiger partial charge on any atom is -0.377 e. The monoisotopic (exact) mass is 198 g/mol. The van der Waals surface area contributed by atoms with Crippen LogP contribution in [0, 0.1) is 0 Å². The highest BCUT2D eigenvalue weighted by Gasteiger charge is 1.98. The first-order valence-electron chi connectivity index (χ1n) is 4.85. The van der Waals surface area contributed by atoms with Crippen LogP contribution in [0.25, 0.3) is 0 Å². The summed E-state index contributed by atoms with van der Waals surface area (Å²) < 4.78 is 7.15. The van der Waals surface area contributed by atoms with Crippen molar-refractivity contribution in [1.82, 2.24) is 20.1 Å². The van der Waals surface area contributed by atoms with Crippen LogP contribution in [0.15, 0.2) is 6.33 Å². The lowest BCUT2D eigenvalue weighted by atomic mass is 10.5. The van der Waals surface area contributed by atoms with E-state index in [4.69, 9.17) is 4.74 Å². The molecule has 0 bridgehead atoms. The Labute approximate surface area is 84.5 Å². The molecule has 0 radical (unpaired) electrons. The van der Waals surface area contributed by atoms with Crippen LogP contribution in [0.5, 0.6) is 0 Å². The highest BCUT2D eigenvalue weighted by atomic mass is 16.5. The number of hydrogen-bond donors (Lipinski definition) is 1.